The summed E-state index contributed by atoms with van der Waals surface area (Å²) in [6.07, 6.45) is 3.36. The van der Waals surface area contributed by atoms with E-state index in [4.69, 9.17) is 9.67 Å². The van der Waals surface area contributed by atoms with E-state index in [1.165, 1.54) is 5.56 Å². The number of ketones is 1. The quantitative estimate of drug-likeness (QED) is 0.414. The molecule has 23 heavy (non-hydrogen) atoms. The molecule has 1 atom stereocenters. The maximum atomic E-state index is 12.3. The zero-order valence-electron chi connectivity index (χ0n) is 14.4. The van der Waals surface area contributed by atoms with Gasteiger partial charge in [-0.25, -0.2) is 0 Å². The number of unbranched alkanes of at least 4 members (excludes halogenated alkanes) is 1. The molecule has 0 aliphatic carbocycles. The Hall–Kier alpha value is -1.54. The normalized spacial score (nSPS) is 11.3. The smallest absolute Gasteiger partial charge is 0.306 e. The van der Waals surface area contributed by atoms with Gasteiger partial charge in [-0.05, 0) is 51.2 Å². The Bertz CT molecular complexity index is 517. The molecular formula is C18H27O4P. The summed E-state index contributed by atoms with van der Waals surface area (Å²) >= 11 is 0. The molecule has 0 aliphatic heterocycles. The number of hydrogen-bond donors (Lipinski definition) is 1. The Labute approximate surface area is 140 Å². The van der Waals surface area contributed by atoms with E-state index in [0.717, 1.165) is 29.5 Å². The minimum atomic E-state index is -0.728. The van der Waals surface area contributed by atoms with Crippen molar-refractivity contribution in [3.05, 3.63) is 34.4 Å². The van der Waals surface area contributed by atoms with Gasteiger partial charge in [0, 0.05) is 12.0 Å². The highest BCUT2D eigenvalue weighted by atomic mass is 31.0. The fourth-order valence-electron chi connectivity index (χ4n) is 2.92. The second-order valence-electron chi connectivity index (χ2n) is 5.89. The first-order chi connectivity index (χ1) is 10.9. The van der Waals surface area contributed by atoms with Gasteiger partial charge in [-0.2, -0.15) is 0 Å². The summed E-state index contributed by atoms with van der Waals surface area (Å²) < 4.78 is 8.06. The number of carboxylic acids is 1. The van der Waals surface area contributed by atoms with Crippen LogP contribution in [-0.4, -0.2) is 16.9 Å². The molecule has 0 spiro atoms. The van der Waals surface area contributed by atoms with Gasteiger partial charge in [0.05, 0.1) is 5.92 Å². The maximum Gasteiger partial charge on any atom is 0.306 e. The standard InChI is InChI=1S/C18H26O3.HOP/c1-5-15(18(20)21)8-6-7-9-16(19)17-13(3)10-12(2)11-14(17)4;1-2/h10-11,15H,5-9H2,1-4H3,(H,20,21);2H. The van der Waals surface area contributed by atoms with Crippen molar-refractivity contribution in [1.29, 1.82) is 0 Å². The number of benzene rings is 1. The number of hydrogen-bond acceptors (Lipinski definition) is 3. The molecule has 0 bridgehead atoms. The summed E-state index contributed by atoms with van der Waals surface area (Å²) in [5, 5.41) is 8.99. The third-order valence-corrected chi connectivity index (χ3v) is 4.00. The van der Waals surface area contributed by atoms with E-state index in [1.54, 1.807) is 9.12 Å². The summed E-state index contributed by atoms with van der Waals surface area (Å²) in [4.78, 5) is 23.3. The molecule has 5 heteroatoms. The van der Waals surface area contributed by atoms with Gasteiger partial charge in [0.25, 0.3) is 0 Å². The van der Waals surface area contributed by atoms with Crippen LogP contribution >= 0.6 is 9.12 Å². The Morgan fingerprint density at radius 1 is 1.09 bits per heavy atom. The van der Waals surface area contributed by atoms with E-state index >= 15 is 0 Å². The average Bonchev–Trinajstić information content (AvgIpc) is 2.47. The molecule has 1 aromatic carbocycles. The summed E-state index contributed by atoms with van der Waals surface area (Å²) in [5.74, 6) is -0.828. The van der Waals surface area contributed by atoms with E-state index in [-0.39, 0.29) is 11.7 Å². The lowest BCUT2D eigenvalue weighted by molar-refractivity contribution is -0.142. The molecule has 1 rings (SSSR count). The van der Waals surface area contributed by atoms with Gasteiger partial charge in [0.15, 0.2) is 5.78 Å². The van der Waals surface area contributed by atoms with Crippen LogP contribution in [-0.2, 0) is 9.36 Å². The van der Waals surface area contributed by atoms with Crippen LogP contribution in [0.15, 0.2) is 12.1 Å². The van der Waals surface area contributed by atoms with Gasteiger partial charge in [-0.3, -0.25) is 14.2 Å². The van der Waals surface area contributed by atoms with Gasteiger partial charge in [0.2, 0.25) is 0 Å². The Morgan fingerprint density at radius 3 is 2.04 bits per heavy atom. The minimum Gasteiger partial charge on any atom is -0.481 e. The molecule has 1 N–H and O–H groups in total. The molecule has 4 nitrogen and oxygen atoms in total. The van der Waals surface area contributed by atoms with Crippen molar-refractivity contribution in [2.75, 3.05) is 0 Å². The van der Waals surface area contributed by atoms with Crippen LogP contribution in [0.1, 0.15) is 66.1 Å². The van der Waals surface area contributed by atoms with Crippen LogP contribution in [0.2, 0.25) is 0 Å². The topological polar surface area (TPSA) is 71.4 Å². The van der Waals surface area contributed by atoms with Gasteiger partial charge < -0.3 is 5.11 Å². The molecule has 0 saturated heterocycles. The number of carboxylic acid groups (broad SMARTS) is 1. The number of aliphatic carboxylic acids is 1. The van der Waals surface area contributed by atoms with Crippen molar-refractivity contribution in [3.8, 4) is 0 Å². The second kappa shape index (κ2) is 11.1. The van der Waals surface area contributed by atoms with Gasteiger partial charge in [-0.15, -0.1) is 0 Å². The number of carbonyl (C=O) groups is 2. The van der Waals surface area contributed by atoms with Crippen molar-refractivity contribution in [2.45, 2.75) is 59.8 Å². The van der Waals surface area contributed by atoms with E-state index in [9.17, 15) is 9.59 Å². The molecule has 0 radical (unpaired) electrons. The zero-order valence-corrected chi connectivity index (χ0v) is 15.4. The fourth-order valence-corrected chi connectivity index (χ4v) is 2.92. The van der Waals surface area contributed by atoms with Gasteiger partial charge in [0.1, 0.15) is 9.12 Å². The van der Waals surface area contributed by atoms with E-state index in [1.807, 2.05) is 39.8 Å². The SMILES string of the molecule is CCC(CCCCC(=O)c1c(C)cc(C)cc1C)C(=O)O.O=P. The molecule has 128 valence electrons. The summed E-state index contributed by atoms with van der Waals surface area (Å²) in [6, 6.07) is 4.08. The average molecular weight is 338 g/mol. The molecule has 0 saturated carbocycles. The number of Topliss-reactive ketones (excluding diaryl/α,β-unsaturated/α-hetero) is 1. The predicted octanol–water partition coefficient (Wildman–Crippen LogP) is 4.94. The number of aryl methyl sites for hydroxylation is 3. The molecule has 0 fully saturated rings. The molecule has 0 amide bonds. The molecule has 0 aliphatic rings. The first kappa shape index (κ1) is 21.5. The summed E-state index contributed by atoms with van der Waals surface area (Å²) in [7, 11) is 1.72. The van der Waals surface area contributed by atoms with E-state index in [2.05, 4.69) is 0 Å². The lowest BCUT2D eigenvalue weighted by atomic mass is 9.93. The first-order valence-electron chi connectivity index (χ1n) is 7.91. The predicted molar refractivity (Wildman–Crippen MR) is 93.9 cm³/mol. The first-order valence-corrected chi connectivity index (χ1v) is 8.31. The third-order valence-electron chi connectivity index (χ3n) is 4.00. The van der Waals surface area contributed by atoms with Crippen molar-refractivity contribution in [1.82, 2.24) is 0 Å². The third kappa shape index (κ3) is 7.04. The highest BCUT2D eigenvalue weighted by molar-refractivity contribution is 7.00. The van der Waals surface area contributed by atoms with Crippen LogP contribution in [0, 0.1) is 26.7 Å². The fraction of sp³-hybridized carbons (Fsp3) is 0.556. The van der Waals surface area contributed by atoms with Crippen molar-refractivity contribution in [2.24, 2.45) is 5.92 Å². The molecule has 0 heterocycles. The van der Waals surface area contributed by atoms with Crippen LogP contribution in [0.3, 0.4) is 0 Å². The molecular weight excluding hydrogens is 311 g/mol. The van der Waals surface area contributed by atoms with Gasteiger partial charge >= 0.3 is 5.97 Å². The largest absolute Gasteiger partial charge is 0.481 e. The molecule has 1 aromatic rings. The number of rotatable bonds is 8. The van der Waals surface area contributed by atoms with Gasteiger partial charge in [-0.1, -0.05) is 31.0 Å². The van der Waals surface area contributed by atoms with E-state index in [0.29, 0.717) is 19.3 Å². The van der Waals surface area contributed by atoms with Crippen LogP contribution < -0.4 is 0 Å². The highest BCUT2D eigenvalue weighted by Crippen LogP contribution is 2.20. The van der Waals surface area contributed by atoms with Crippen molar-refractivity contribution < 1.29 is 19.3 Å². The van der Waals surface area contributed by atoms with Crippen molar-refractivity contribution >= 4 is 20.9 Å². The second-order valence-corrected chi connectivity index (χ2v) is 5.89. The highest BCUT2D eigenvalue weighted by Gasteiger charge is 2.16. The van der Waals surface area contributed by atoms with Crippen LogP contribution in [0.25, 0.3) is 0 Å². The molecule has 0 aromatic heterocycles. The Kier molecular flexibility index (Phi) is 10.3. The zero-order chi connectivity index (χ0) is 18.0. The lowest BCUT2D eigenvalue weighted by Crippen LogP contribution is -2.12. The lowest BCUT2D eigenvalue weighted by Gasteiger charge is -2.11. The minimum absolute atomic E-state index is 0.174. The monoisotopic (exact) mass is 338 g/mol. The van der Waals surface area contributed by atoms with Crippen LogP contribution in [0.5, 0.6) is 0 Å². The van der Waals surface area contributed by atoms with Crippen molar-refractivity contribution in [3.63, 3.8) is 0 Å². The maximum absolute atomic E-state index is 12.3. The molecule has 1 unspecified atom stereocenters. The van der Waals surface area contributed by atoms with E-state index < -0.39 is 5.97 Å². The Morgan fingerprint density at radius 2 is 1.61 bits per heavy atom. The summed E-state index contributed by atoms with van der Waals surface area (Å²) in [5.41, 5.74) is 4.09. The summed E-state index contributed by atoms with van der Waals surface area (Å²) in [6.45, 7) is 7.88. The van der Waals surface area contributed by atoms with Crippen LogP contribution in [0.4, 0.5) is 0 Å². The number of carbonyl (C=O) groups excluding carboxylic acids is 1. The Balaban J connectivity index is 0.00000232.